The van der Waals surface area contributed by atoms with Gasteiger partial charge in [-0.05, 0) is 6.42 Å². The highest BCUT2D eigenvalue weighted by molar-refractivity contribution is 4.92. The summed E-state index contributed by atoms with van der Waals surface area (Å²) in [6.07, 6.45) is 2.55. The summed E-state index contributed by atoms with van der Waals surface area (Å²) in [4.78, 5) is 0. The Morgan fingerprint density at radius 1 is 1.69 bits per heavy atom. The number of methoxy groups -OCH3 is 1. The lowest BCUT2D eigenvalue weighted by atomic mass is 10.2. The fraction of sp³-hybridized carbons (Fsp3) is 0.750. The molecule has 0 saturated carbocycles. The molecule has 13 heavy (non-hydrogen) atoms. The standard InChI is InChI=1S/C8H16N4O/c1-3-7(9)8-11-10-6-12(8)4-5-13-2/h6-7H,3-5,9H2,1-2H3/t7-/m0/s1. The molecule has 2 N–H and O–H groups in total. The lowest BCUT2D eigenvalue weighted by Crippen LogP contribution is -2.17. The van der Waals surface area contributed by atoms with Crippen molar-refractivity contribution in [2.75, 3.05) is 13.7 Å². The zero-order valence-corrected chi connectivity index (χ0v) is 8.10. The van der Waals surface area contributed by atoms with Gasteiger partial charge in [0.2, 0.25) is 0 Å². The highest BCUT2D eigenvalue weighted by atomic mass is 16.5. The zero-order valence-electron chi connectivity index (χ0n) is 8.10. The van der Waals surface area contributed by atoms with Crippen LogP contribution in [0.15, 0.2) is 6.33 Å². The van der Waals surface area contributed by atoms with Gasteiger partial charge in [0, 0.05) is 13.7 Å². The molecule has 0 aliphatic carbocycles. The third kappa shape index (κ3) is 2.50. The molecule has 0 spiro atoms. The monoisotopic (exact) mass is 184 g/mol. The zero-order chi connectivity index (χ0) is 9.68. The van der Waals surface area contributed by atoms with Crippen LogP contribution in [0.4, 0.5) is 0 Å². The van der Waals surface area contributed by atoms with Gasteiger partial charge in [-0.1, -0.05) is 6.92 Å². The van der Waals surface area contributed by atoms with Crippen molar-refractivity contribution >= 4 is 0 Å². The average molecular weight is 184 g/mol. The van der Waals surface area contributed by atoms with E-state index in [0.29, 0.717) is 6.61 Å². The van der Waals surface area contributed by atoms with Crippen LogP contribution in [0, 0.1) is 0 Å². The molecule has 0 aliphatic heterocycles. The fourth-order valence-corrected chi connectivity index (χ4v) is 1.10. The molecule has 1 aromatic heterocycles. The highest BCUT2D eigenvalue weighted by Crippen LogP contribution is 2.09. The summed E-state index contributed by atoms with van der Waals surface area (Å²) < 4.78 is 6.89. The molecule has 0 amide bonds. The molecule has 0 aliphatic rings. The van der Waals surface area contributed by atoms with Crippen LogP contribution in [0.5, 0.6) is 0 Å². The number of nitrogens with two attached hydrogens (primary N) is 1. The average Bonchev–Trinajstić information content (AvgIpc) is 2.61. The molecule has 0 aromatic carbocycles. The van der Waals surface area contributed by atoms with Gasteiger partial charge in [-0.3, -0.25) is 0 Å². The van der Waals surface area contributed by atoms with E-state index in [2.05, 4.69) is 10.2 Å². The lowest BCUT2D eigenvalue weighted by Gasteiger charge is -2.09. The Morgan fingerprint density at radius 3 is 3.08 bits per heavy atom. The van der Waals surface area contributed by atoms with Gasteiger partial charge < -0.3 is 15.0 Å². The molecule has 0 unspecified atom stereocenters. The maximum Gasteiger partial charge on any atom is 0.149 e. The van der Waals surface area contributed by atoms with Crippen molar-refractivity contribution in [3.05, 3.63) is 12.2 Å². The Bertz CT molecular complexity index is 248. The van der Waals surface area contributed by atoms with E-state index in [1.165, 1.54) is 0 Å². The van der Waals surface area contributed by atoms with Crippen LogP contribution in [-0.2, 0) is 11.3 Å². The Kier molecular flexibility index (Phi) is 3.85. The largest absolute Gasteiger partial charge is 0.383 e. The second-order valence-electron chi connectivity index (χ2n) is 2.89. The van der Waals surface area contributed by atoms with Crippen molar-refractivity contribution in [1.82, 2.24) is 14.8 Å². The van der Waals surface area contributed by atoms with Gasteiger partial charge in [-0.15, -0.1) is 10.2 Å². The first-order chi connectivity index (χ1) is 6.29. The Morgan fingerprint density at radius 2 is 2.46 bits per heavy atom. The second-order valence-corrected chi connectivity index (χ2v) is 2.89. The van der Waals surface area contributed by atoms with Gasteiger partial charge in [0.1, 0.15) is 12.2 Å². The number of ether oxygens (including phenoxy) is 1. The summed E-state index contributed by atoms with van der Waals surface area (Å²) in [5, 5.41) is 7.79. The van der Waals surface area contributed by atoms with Gasteiger partial charge in [-0.2, -0.15) is 0 Å². The van der Waals surface area contributed by atoms with Crippen molar-refractivity contribution in [3.63, 3.8) is 0 Å². The Labute approximate surface area is 77.9 Å². The van der Waals surface area contributed by atoms with Gasteiger partial charge >= 0.3 is 0 Å². The van der Waals surface area contributed by atoms with E-state index in [1.807, 2.05) is 11.5 Å². The molecule has 0 fully saturated rings. The summed E-state index contributed by atoms with van der Waals surface area (Å²) in [6.45, 7) is 3.44. The molecular formula is C8H16N4O. The van der Waals surface area contributed by atoms with Gasteiger partial charge in [0.15, 0.2) is 0 Å². The maximum atomic E-state index is 5.85. The molecule has 0 radical (unpaired) electrons. The lowest BCUT2D eigenvalue weighted by molar-refractivity contribution is 0.185. The molecular weight excluding hydrogens is 168 g/mol. The third-order valence-corrected chi connectivity index (χ3v) is 1.95. The predicted molar refractivity (Wildman–Crippen MR) is 49.1 cm³/mol. The van der Waals surface area contributed by atoms with E-state index < -0.39 is 0 Å². The van der Waals surface area contributed by atoms with Crippen LogP contribution in [0.2, 0.25) is 0 Å². The highest BCUT2D eigenvalue weighted by Gasteiger charge is 2.10. The van der Waals surface area contributed by atoms with Crippen LogP contribution >= 0.6 is 0 Å². The molecule has 1 atom stereocenters. The van der Waals surface area contributed by atoms with E-state index >= 15 is 0 Å². The van der Waals surface area contributed by atoms with E-state index in [9.17, 15) is 0 Å². The smallest absolute Gasteiger partial charge is 0.149 e. The number of nitrogens with zero attached hydrogens (tertiary/aromatic N) is 3. The summed E-state index contributed by atoms with van der Waals surface area (Å²) in [5.41, 5.74) is 5.85. The number of hydrogen-bond donors (Lipinski definition) is 1. The van der Waals surface area contributed by atoms with Gasteiger partial charge in [0.25, 0.3) is 0 Å². The van der Waals surface area contributed by atoms with Crippen LogP contribution < -0.4 is 5.73 Å². The van der Waals surface area contributed by atoms with E-state index in [4.69, 9.17) is 10.5 Å². The number of aromatic nitrogens is 3. The van der Waals surface area contributed by atoms with Crippen LogP contribution in [0.1, 0.15) is 25.2 Å². The van der Waals surface area contributed by atoms with Crippen LogP contribution in [0.3, 0.4) is 0 Å². The minimum absolute atomic E-state index is 0.0284. The van der Waals surface area contributed by atoms with Crippen LogP contribution in [-0.4, -0.2) is 28.5 Å². The van der Waals surface area contributed by atoms with Crippen molar-refractivity contribution in [2.24, 2.45) is 5.73 Å². The summed E-state index contributed by atoms with van der Waals surface area (Å²) in [7, 11) is 1.67. The molecule has 0 bridgehead atoms. The summed E-state index contributed by atoms with van der Waals surface area (Å²) >= 11 is 0. The van der Waals surface area contributed by atoms with Gasteiger partial charge in [0.05, 0.1) is 12.6 Å². The van der Waals surface area contributed by atoms with Crippen molar-refractivity contribution in [3.8, 4) is 0 Å². The van der Waals surface area contributed by atoms with Crippen LogP contribution in [0.25, 0.3) is 0 Å². The van der Waals surface area contributed by atoms with Crippen molar-refractivity contribution in [2.45, 2.75) is 25.9 Å². The molecule has 1 rings (SSSR count). The number of rotatable bonds is 5. The quantitative estimate of drug-likeness (QED) is 0.716. The molecule has 5 heteroatoms. The molecule has 0 saturated heterocycles. The van der Waals surface area contributed by atoms with E-state index in [1.54, 1.807) is 13.4 Å². The predicted octanol–water partition coefficient (Wildman–Crippen LogP) is 0.334. The summed E-state index contributed by atoms with van der Waals surface area (Å²) in [5.74, 6) is 0.833. The first-order valence-electron chi connectivity index (χ1n) is 4.41. The first-order valence-corrected chi connectivity index (χ1v) is 4.41. The van der Waals surface area contributed by atoms with E-state index in [0.717, 1.165) is 18.8 Å². The molecule has 1 aromatic rings. The summed E-state index contributed by atoms with van der Waals surface area (Å²) in [6, 6.07) is -0.0284. The first kappa shape index (κ1) is 10.1. The Balaban J connectivity index is 2.65. The van der Waals surface area contributed by atoms with Crippen molar-refractivity contribution < 1.29 is 4.74 Å². The van der Waals surface area contributed by atoms with E-state index in [-0.39, 0.29) is 6.04 Å². The second kappa shape index (κ2) is 4.94. The Hall–Kier alpha value is -0.940. The minimum Gasteiger partial charge on any atom is -0.383 e. The topological polar surface area (TPSA) is 66.0 Å². The minimum atomic E-state index is -0.0284. The molecule has 5 nitrogen and oxygen atoms in total. The third-order valence-electron chi connectivity index (χ3n) is 1.95. The van der Waals surface area contributed by atoms with Crippen molar-refractivity contribution in [1.29, 1.82) is 0 Å². The maximum absolute atomic E-state index is 5.85. The normalized spacial score (nSPS) is 13.2. The van der Waals surface area contributed by atoms with Gasteiger partial charge in [-0.25, -0.2) is 0 Å². The molecule has 1 heterocycles. The molecule has 74 valence electrons. The SMILES string of the molecule is CC[C@H](N)c1nncn1CCOC. The fourth-order valence-electron chi connectivity index (χ4n) is 1.10. The number of hydrogen-bond acceptors (Lipinski definition) is 4.